The number of aliphatic hydroxyl groups excluding tert-OH is 7. The third-order valence-corrected chi connectivity index (χ3v) is 5.18. The molecular weight excluding hydrogens is 384 g/mol. The Morgan fingerprint density at radius 2 is 1.54 bits per heavy atom. The Kier molecular flexibility index (Phi) is 6.41. The van der Waals surface area contributed by atoms with Gasteiger partial charge in [0.25, 0.3) is 11.6 Å². The minimum atomic E-state index is -2.26. The Hall–Kier alpha value is -0.740. The number of ether oxygens (including phenoxy) is 3. The van der Waals surface area contributed by atoms with Gasteiger partial charge in [-0.3, -0.25) is 0 Å². The van der Waals surface area contributed by atoms with E-state index >= 15 is 0 Å². The van der Waals surface area contributed by atoms with Gasteiger partial charge in [0.2, 0.25) is 0 Å². The summed E-state index contributed by atoms with van der Waals surface area (Å²) in [7, 11) is 0. The SMILES string of the molecule is CC=CCC1([C@@]2(O[C@H]3O[C@H](CO)[C@@H](O)[C@H](O)[C@H]3O)O[C@H](CO)[C@@H](O)[C@@H]2O)OO1. The highest BCUT2D eigenvalue weighted by molar-refractivity contribution is 5.10. The van der Waals surface area contributed by atoms with Crippen molar-refractivity contribution in [2.45, 2.75) is 73.9 Å². The monoisotopic (exact) mass is 410 g/mol. The summed E-state index contributed by atoms with van der Waals surface area (Å²) in [6, 6.07) is 0. The van der Waals surface area contributed by atoms with Crippen LogP contribution in [0.3, 0.4) is 0 Å². The molecule has 7 N–H and O–H groups in total. The van der Waals surface area contributed by atoms with Crippen molar-refractivity contribution in [3.63, 3.8) is 0 Å². The number of aliphatic hydroxyl groups is 7. The Labute approximate surface area is 160 Å². The lowest BCUT2D eigenvalue weighted by atomic mass is 9.94. The lowest BCUT2D eigenvalue weighted by Gasteiger charge is -2.44. The van der Waals surface area contributed by atoms with Crippen molar-refractivity contribution < 1.29 is 59.7 Å². The zero-order chi connectivity index (χ0) is 20.7. The van der Waals surface area contributed by atoms with Crippen molar-refractivity contribution in [3.05, 3.63) is 12.2 Å². The lowest BCUT2D eigenvalue weighted by Crippen LogP contribution is -2.65. The van der Waals surface area contributed by atoms with Gasteiger partial charge in [0, 0.05) is 6.42 Å². The summed E-state index contributed by atoms with van der Waals surface area (Å²) in [5.74, 6) is -3.99. The predicted octanol–water partition coefficient (Wildman–Crippen LogP) is -3.76. The molecule has 0 bridgehead atoms. The molecule has 0 unspecified atom stereocenters. The Balaban J connectivity index is 1.93. The second-order valence-electron chi connectivity index (χ2n) is 6.95. The van der Waals surface area contributed by atoms with Gasteiger partial charge in [-0.1, -0.05) is 12.2 Å². The van der Waals surface area contributed by atoms with Crippen molar-refractivity contribution in [3.8, 4) is 0 Å². The van der Waals surface area contributed by atoms with Gasteiger partial charge in [0.05, 0.1) is 13.2 Å². The summed E-state index contributed by atoms with van der Waals surface area (Å²) in [6.07, 6.45) is -9.52. The summed E-state index contributed by atoms with van der Waals surface area (Å²) in [4.78, 5) is 10.0. The van der Waals surface area contributed by atoms with E-state index < -0.39 is 73.8 Å². The van der Waals surface area contributed by atoms with Crippen molar-refractivity contribution in [1.82, 2.24) is 0 Å². The molecule has 0 amide bonds. The molecule has 3 fully saturated rings. The molecule has 3 aliphatic rings. The van der Waals surface area contributed by atoms with Crippen molar-refractivity contribution >= 4 is 0 Å². The van der Waals surface area contributed by atoms with Crippen LogP contribution in [0.4, 0.5) is 0 Å². The minimum Gasteiger partial charge on any atom is -0.394 e. The second-order valence-corrected chi connectivity index (χ2v) is 6.95. The molecule has 12 nitrogen and oxygen atoms in total. The van der Waals surface area contributed by atoms with Crippen LogP contribution in [0.5, 0.6) is 0 Å². The quantitative estimate of drug-likeness (QED) is 0.123. The zero-order valence-corrected chi connectivity index (χ0v) is 15.1. The summed E-state index contributed by atoms with van der Waals surface area (Å²) >= 11 is 0. The van der Waals surface area contributed by atoms with Gasteiger partial charge in [-0.2, -0.15) is 9.78 Å². The standard InChI is InChI=1S/C16H26O12/c1-2-3-4-15(27-28-15)16(13(23)10(20)8(6-18)25-16)26-14-12(22)11(21)9(19)7(5-17)24-14/h2-3,7-14,17-23H,4-6H2,1H3/t7-,8-,9-,10-,11+,12-,13+,14-,16-/m1/s1. The van der Waals surface area contributed by atoms with E-state index in [9.17, 15) is 35.7 Å². The first-order valence-corrected chi connectivity index (χ1v) is 8.88. The fourth-order valence-electron chi connectivity index (χ4n) is 3.43. The molecule has 0 aromatic carbocycles. The van der Waals surface area contributed by atoms with Crippen molar-refractivity contribution in [2.75, 3.05) is 13.2 Å². The molecule has 12 heteroatoms. The van der Waals surface area contributed by atoms with Crippen molar-refractivity contribution in [1.29, 1.82) is 0 Å². The van der Waals surface area contributed by atoms with E-state index in [1.165, 1.54) is 0 Å². The Bertz CT molecular complexity index is 566. The molecule has 3 rings (SSSR count). The number of allylic oxidation sites excluding steroid dienone is 1. The molecule has 162 valence electrons. The molecule has 3 heterocycles. The highest BCUT2D eigenvalue weighted by Gasteiger charge is 2.77. The van der Waals surface area contributed by atoms with Crippen LogP contribution in [0.25, 0.3) is 0 Å². The molecule has 28 heavy (non-hydrogen) atoms. The van der Waals surface area contributed by atoms with Crippen LogP contribution >= 0.6 is 0 Å². The van der Waals surface area contributed by atoms with Gasteiger partial charge < -0.3 is 50.0 Å². The molecule has 0 aromatic heterocycles. The van der Waals surface area contributed by atoms with Crippen LogP contribution in [0.2, 0.25) is 0 Å². The fraction of sp³-hybridized carbons (Fsp3) is 0.875. The number of hydrogen-bond donors (Lipinski definition) is 7. The van der Waals surface area contributed by atoms with Gasteiger partial charge in [-0.15, -0.1) is 0 Å². The first-order valence-electron chi connectivity index (χ1n) is 8.88. The van der Waals surface area contributed by atoms with Crippen LogP contribution in [0, 0.1) is 0 Å². The molecule has 3 saturated heterocycles. The molecule has 9 atom stereocenters. The summed E-state index contributed by atoms with van der Waals surface area (Å²) in [6.45, 7) is 0.357. The van der Waals surface area contributed by atoms with Crippen LogP contribution in [-0.2, 0) is 24.0 Å². The van der Waals surface area contributed by atoms with Crippen LogP contribution in [0.1, 0.15) is 13.3 Å². The van der Waals surface area contributed by atoms with Crippen molar-refractivity contribution in [2.24, 2.45) is 0 Å². The third-order valence-electron chi connectivity index (χ3n) is 5.18. The van der Waals surface area contributed by atoms with E-state index in [1.807, 2.05) is 0 Å². The Morgan fingerprint density at radius 1 is 0.893 bits per heavy atom. The van der Waals surface area contributed by atoms with Gasteiger partial charge in [-0.25, -0.2) is 0 Å². The predicted molar refractivity (Wildman–Crippen MR) is 85.9 cm³/mol. The first kappa shape index (κ1) is 22.0. The molecule has 0 saturated carbocycles. The maximum Gasteiger partial charge on any atom is 0.293 e. The van der Waals surface area contributed by atoms with Gasteiger partial charge in [-0.05, 0) is 6.92 Å². The number of rotatable bonds is 7. The maximum atomic E-state index is 10.6. The van der Waals surface area contributed by atoms with Crippen LogP contribution in [0.15, 0.2) is 12.2 Å². The average molecular weight is 410 g/mol. The topological polar surface area (TPSA) is 194 Å². The van der Waals surface area contributed by atoms with E-state index in [2.05, 4.69) is 0 Å². The van der Waals surface area contributed by atoms with Crippen LogP contribution in [-0.4, -0.2) is 110 Å². The molecule has 0 spiro atoms. The smallest absolute Gasteiger partial charge is 0.293 e. The second kappa shape index (κ2) is 8.18. The van der Waals surface area contributed by atoms with E-state index in [0.717, 1.165) is 0 Å². The molecule has 3 aliphatic heterocycles. The van der Waals surface area contributed by atoms with E-state index in [1.54, 1.807) is 19.1 Å². The summed E-state index contributed by atoms with van der Waals surface area (Å²) in [5, 5.41) is 69.7. The molecule has 0 aromatic rings. The lowest BCUT2D eigenvalue weighted by molar-refractivity contribution is -0.395. The molecule has 0 aliphatic carbocycles. The largest absolute Gasteiger partial charge is 0.394 e. The zero-order valence-electron chi connectivity index (χ0n) is 15.1. The normalized spacial score (nSPS) is 48.3. The van der Waals surface area contributed by atoms with Crippen LogP contribution < -0.4 is 0 Å². The van der Waals surface area contributed by atoms with Gasteiger partial charge in [0.1, 0.15) is 42.7 Å². The minimum absolute atomic E-state index is 0.00283. The average Bonchev–Trinajstić information content (AvgIpc) is 3.45. The summed E-state index contributed by atoms with van der Waals surface area (Å²) in [5.41, 5.74) is 0. The Morgan fingerprint density at radius 3 is 2.04 bits per heavy atom. The highest BCUT2D eigenvalue weighted by Crippen LogP contribution is 2.53. The highest BCUT2D eigenvalue weighted by atomic mass is 17.4. The maximum absolute atomic E-state index is 10.6. The van der Waals surface area contributed by atoms with E-state index in [4.69, 9.17) is 24.0 Å². The van der Waals surface area contributed by atoms with Gasteiger partial charge in [0.15, 0.2) is 6.29 Å². The first-order chi connectivity index (χ1) is 13.3. The molecule has 0 radical (unpaired) electrons. The third kappa shape index (κ3) is 3.39. The number of hydrogen-bond acceptors (Lipinski definition) is 12. The summed E-state index contributed by atoms with van der Waals surface area (Å²) < 4.78 is 16.5. The van der Waals surface area contributed by atoms with E-state index in [0.29, 0.717) is 0 Å². The van der Waals surface area contributed by atoms with Gasteiger partial charge >= 0.3 is 0 Å². The fourth-order valence-corrected chi connectivity index (χ4v) is 3.43. The van der Waals surface area contributed by atoms with E-state index in [-0.39, 0.29) is 6.42 Å². The molecular formula is C16H26O12.